The van der Waals surface area contributed by atoms with Crippen LogP contribution in [0.4, 0.5) is 0 Å². The van der Waals surface area contributed by atoms with Gasteiger partial charge in [-0.05, 0) is 33.6 Å². The average Bonchev–Trinajstić information content (AvgIpc) is 2.41. The molecule has 12 heavy (non-hydrogen) atoms. The Labute approximate surface area is 73.5 Å². The number of ether oxygens (including phenoxy) is 2. The zero-order valence-electron chi connectivity index (χ0n) is 8.02. The lowest BCUT2D eigenvalue weighted by Crippen LogP contribution is -2.29. The first kappa shape index (κ1) is 8.27. The van der Waals surface area contributed by atoms with Crippen molar-refractivity contribution in [2.24, 2.45) is 0 Å². The van der Waals surface area contributed by atoms with Crippen molar-refractivity contribution in [3.05, 3.63) is 11.6 Å². The van der Waals surface area contributed by atoms with Gasteiger partial charge < -0.3 is 9.47 Å². The van der Waals surface area contributed by atoms with Crippen LogP contribution >= 0.6 is 0 Å². The molecule has 1 fully saturated rings. The highest BCUT2D eigenvalue weighted by molar-refractivity contribution is 5.19. The van der Waals surface area contributed by atoms with Gasteiger partial charge >= 0.3 is 0 Å². The van der Waals surface area contributed by atoms with Gasteiger partial charge in [-0.2, -0.15) is 0 Å². The zero-order chi connectivity index (χ0) is 8.82. The molecule has 2 heteroatoms. The summed E-state index contributed by atoms with van der Waals surface area (Å²) in [6.45, 7) is 6.83. The van der Waals surface area contributed by atoms with Gasteiger partial charge in [0.2, 0.25) is 0 Å². The van der Waals surface area contributed by atoms with Gasteiger partial charge in [0.05, 0.1) is 6.61 Å². The van der Waals surface area contributed by atoms with Gasteiger partial charge in [0.25, 0.3) is 0 Å². The van der Waals surface area contributed by atoms with E-state index >= 15 is 0 Å². The summed E-state index contributed by atoms with van der Waals surface area (Å²) in [5.41, 5.74) is 1.34. The van der Waals surface area contributed by atoms with E-state index in [-0.39, 0.29) is 11.4 Å². The van der Waals surface area contributed by atoms with Crippen molar-refractivity contribution in [2.45, 2.75) is 45.0 Å². The van der Waals surface area contributed by atoms with Gasteiger partial charge in [-0.3, -0.25) is 0 Å². The summed E-state index contributed by atoms with van der Waals surface area (Å²) < 4.78 is 11.4. The Hall–Kier alpha value is -0.340. The fourth-order valence-corrected chi connectivity index (χ4v) is 2.04. The third-order valence-electron chi connectivity index (χ3n) is 2.57. The molecule has 0 saturated carbocycles. The van der Waals surface area contributed by atoms with Crippen LogP contribution in [0.3, 0.4) is 0 Å². The van der Waals surface area contributed by atoms with E-state index in [1.54, 1.807) is 0 Å². The molecule has 0 amide bonds. The highest BCUT2D eigenvalue weighted by atomic mass is 16.8. The first-order valence-electron chi connectivity index (χ1n) is 4.54. The van der Waals surface area contributed by atoms with Gasteiger partial charge in [-0.15, -0.1) is 0 Å². The standard InChI is InChI=1S/C10H16O2/c1-8-4-5-10(6-8)7-11-9(2,3)12-10/h6H,4-5,7H2,1-3H3/t10-/m1/s1. The molecule has 0 unspecified atom stereocenters. The molecular formula is C10H16O2. The second-order valence-electron chi connectivity index (χ2n) is 4.35. The van der Waals surface area contributed by atoms with Crippen LogP contribution in [0.2, 0.25) is 0 Å². The fraction of sp³-hybridized carbons (Fsp3) is 0.800. The number of hydrogen-bond donors (Lipinski definition) is 0. The molecular weight excluding hydrogens is 152 g/mol. The molecule has 1 spiro atoms. The molecule has 0 aromatic heterocycles. The van der Waals surface area contributed by atoms with E-state index in [9.17, 15) is 0 Å². The largest absolute Gasteiger partial charge is 0.347 e. The summed E-state index contributed by atoms with van der Waals surface area (Å²) >= 11 is 0. The van der Waals surface area contributed by atoms with E-state index in [1.165, 1.54) is 5.57 Å². The minimum Gasteiger partial charge on any atom is -0.347 e. The first-order chi connectivity index (χ1) is 5.52. The van der Waals surface area contributed by atoms with E-state index in [0.29, 0.717) is 0 Å². The average molecular weight is 168 g/mol. The van der Waals surface area contributed by atoms with E-state index in [1.807, 2.05) is 13.8 Å². The summed E-state index contributed by atoms with van der Waals surface area (Å²) in [6, 6.07) is 0. The third-order valence-corrected chi connectivity index (χ3v) is 2.57. The molecule has 2 nitrogen and oxygen atoms in total. The van der Waals surface area contributed by atoms with Crippen LogP contribution in [0, 0.1) is 0 Å². The molecule has 0 aromatic carbocycles. The molecule has 68 valence electrons. The van der Waals surface area contributed by atoms with E-state index in [2.05, 4.69) is 13.0 Å². The predicted molar refractivity (Wildman–Crippen MR) is 46.8 cm³/mol. The van der Waals surface area contributed by atoms with Crippen LogP contribution in [0.1, 0.15) is 33.6 Å². The summed E-state index contributed by atoms with van der Waals surface area (Å²) in [5, 5.41) is 0. The molecule has 0 radical (unpaired) electrons. The van der Waals surface area contributed by atoms with Crippen LogP contribution in [-0.2, 0) is 9.47 Å². The number of allylic oxidation sites excluding steroid dienone is 1. The van der Waals surface area contributed by atoms with E-state index in [4.69, 9.17) is 9.47 Å². The van der Waals surface area contributed by atoms with Crippen LogP contribution in [0.5, 0.6) is 0 Å². The Balaban J connectivity index is 2.17. The molecule has 1 atom stereocenters. The lowest BCUT2D eigenvalue weighted by atomic mass is 10.1. The number of rotatable bonds is 0. The second kappa shape index (κ2) is 2.33. The van der Waals surface area contributed by atoms with Crippen molar-refractivity contribution in [3.63, 3.8) is 0 Å². The fourth-order valence-electron chi connectivity index (χ4n) is 2.04. The SMILES string of the molecule is CC1=C[C@]2(CC1)COC(C)(C)O2. The summed E-state index contributed by atoms with van der Waals surface area (Å²) in [4.78, 5) is 0. The molecule has 1 heterocycles. The summed E-state index contributed by atoms with van der Waals surface area (Å²) in [6.07, 6.45) is 4.46. The highest BCUT2D eigenvalue weighted by Crippen LogP contribution is 2.40. The van der Waals surface area contributed by atoms with Crippen LogP contribution in [-0.4, -0.2) is 18.0 Å². The van der Waals surface area contributed by atoms with Gasteiger partial charge in [0.15, 0.2) is 5.79 Å². The minimum absolute atomic E-state index is 0.0897. The maximum Gasteiger partial charge on any atom is 0.164 e. The Morgan fingerprint density at radius 2 is 2.17 bits per heavy atom. The van der Waals surface area contributed by atoms with Gasteiger partial charge in [0, 0.05) is 0 Å². The summed E-state index contributed by atoms with van der Waals surface area (Å²) in [5.74, 6) is -0.388. The van der Waals surface area contributed by atoms with Crippen molar-refractivity contribution in [3.8, 4) is 0 Å². The molecule has 1 aliphatic heterocycles. The van der Waals surface area contributed by atoms with E-state index < -0.39 is 0 Å². The molecule has 2 rings (SSSR count). The van der Waals surface area contributed by atoms with Crippen molar-refractivity contribution in [1.82, 2.24) is 0 Å². The highest BCUT2D eigenvalue weighted by Gasteiger charge is 2.45. The van der Waals surface area contributed by atoms with Crippen molar-refractivity contribution in [2.75, 3.05) is 6.61 Å². The molecule has 0 bridgehead atoms. The van der Waals surface area contributed by atoms with Crippen LogP contribution in [0.25, 0.3) is 0 Å². The van der Waals surface area contributed by atoms with E-state index in [0.717, 1.165) is 19.4 Å². The van der Waals surface area contributed by atoms with Gasteiger partial charge in [-0.25, -0.2) is 0 Å². The van der Waals surface area contributed by atoms with Gasteiger partial charge in [-0.1, -0.05) is 11.6 Å². The smallest absolute Gasteiger partial charge is 0.164 e. The summed E-state index contributed by atoms with van der Waals surface area (Å²) in [7, 11) is 0. The van der Waals surface area contributed by atoms with Crippen LogP contribution in [0.15, 0.2) is 11.6 Å². The maximum atomic E-state index is 5.87. The topological polar surface area (TPSA) is 18.5 Å². The van der Waals surface area contributed by atoms with Crippen molar-refractivity contribution < 1.29 is 9.47 Å². The molecule has 1 aliphatic carbocycles. The maximum absolute atomic E-state index is 5.87. The molecule has 0 aromatic rings. The Morgan fingerprint density at radius 3 is 2.58 bits per heavy atom. The Bertz CT molecular complexity index is 230. The van der Waals surface area contributed by atoms with Gasteiger partial charge in [0.1, 0.15) is 5.60 Å². The Morgan fingerprint density at radius 1 is 1.42 bits per heavy atom. The molecule has 1 saturated heterocycles. The van der Waals surface area contributed by atoms with Crippen LogP contribution < -0.4 is 0 Å². The van der Waals surface area contributed by atoms with Crippen molar-refractivity contribution in [1.29, 1.82) is 0 Å². The zero-order valence-corrected chi connectivity index (χ0v) is 8.02. The monoisotopic (exact) mass is 168 g/mol. The third kappa shape index (κ3) is 1.29. The minimum atomic E-state index is -0.388. The predicted octanol–water partition coefficient (Wildman–Crippen LogP) is 2.25. The lowest BCUT2D eigenvalue weighted by molar-refractivity contribution is -0.151. The Kier molecular flexibility index (Phi) is 1.61. The first-order valence-corrected chi connectivity index (χ1v) is 4.54. The number of hydrogen-bond acceptors (Lipinski definition) is 2. The second-order valence-corrected chi connectivity index (χ2v) is 4.35. The molecule has 2 aliphatic rings. The lowest BCUT2D eigenvalue weighted by Gasteiger charge is -2.22. The quantitative estimate of drug-likeness (QED) is 0.516. The van der Waals surface area contributed by atoms with Crippen molar-refractivity contribution >= 4 is 0 Å². The molecule has 0 N–H and O–H groups in total. The normalized spacial score (nSPS) is 39.1.